The van der Waals surface area contributed by atoms with E-state index in [1.807, 2.05) is 0 Å². The van der Waals surface area contributed by atoms with E-state index >= 15 is 0 Å². The number of nitro benzene ring substituents is 1. The van der Waals surface area contributed by atoms with Crippen molar-refractivity contribution >= 4 is 35.0 Å². The molecule has 1 aliphatic rings. The number of thiazole rings is 1. The number of non-ortho nitro benzene ring substituents is 1. The molecule has 5 rings (SSSR count). The zero-order valence-corrected chi connectivity index (χ0v) is 22.3. The predicted octanol–water partition coefficient (Wildman–Crippen LogP) is 3.50. The lowest BCUT2D eigenvalue weighted by Crippen LogP contribution is -2.39. The average molecular weight is 560 g/mol. The number of nitro groups is 1. The van der Waals surface area contributed by atoms with Crippen LogP contribution in [0.15, 0.2) is 86.1 Å². The summed E-state index contributed by atoms with van der Waals surface area (Å²) in [6.07, 6.45) is 1.56. The van der Waals surface area contributed by atoms with E-state index in [2.05, 4.69) is 4.99 Å². The number of esters is 2. The van der Waals surface area contributed by atoms with E-state index in [1.54, 1.807) is 61.5 Å². The second kappa shape index (κ2) is 10.6. The van der Waals surface area contributed by atoms with Gasteiger partial charge in [-0.3, -0.25) is 24.3 Å². The average Bonchev–Trinajstić information content (AvgIpc) is 3.52. The number of aromatic nitrogens is 1. The highest BCUT2D eigenvalue weighted by atomic mass is 32.1. The van der Waals surface area contributed by atoms with E-state index < -0.39 is 28.5 Å². The third-order valence-electron chi connectivity index (χ3n) is 6.13. The fourth-order valence-electron chi connectivity index (χ4n) is 4.38. The van der Waals surface area contributed by atoms with E-state index in [1.165, 1.54) is 30.7 Å². The molecule has 40 heavy (non-hydrogen) atoms. The summed E-state index contributed by atoms with van der Waals surface area (Å²) in [6.45, 7) is 2.96. The minimum Gasteiger partial charge on any atom is -0.466 e. The number of hydrogen-bond acceptors (Lipinski definition) is 10. The minimum atomic E-state index is -0.839. The number of allylic oxidation sites excluding steroid dienone is 1. The van der Waals surface area contributed by atoms with Gasteiger partial charge in [-0.05, 0) is 36.8 Å². The Bertz CT molecular complexity index is 1880. The first-order chi connectivity index (χ1) is 19.2. The first-order valence-corrected chi connectivity index (χ1v) is 12.7. The third kappa shape index (κ3) is 4.99. The fourth-order valence-corrected chi connectivity index (χ4v) is 5.41. The van der Waals surface area contributed by atoms with Gasteiger partial charge in [0.1, 0.15) is 17.3 Å². The smallest absolute Gasteiger partial charge is 0.338 e. The number of ether oxygens (including phenoxy) is 2. The Labute approximate surface area is 230 Å². The van der Waals surface area contributed by atoms with E-state index in [4.69, 9.17) is 13.9 Å². The number of furan rings is 1. The zero-order chi connectivity index (χ0) is 28.6. The molecule has 1 aliphatic heterocycles. The number of methoxy groups -OCH3 is 1. The molecular weight excluding hydrogens is 538 g/mol. The number of nitrogens with zero attached hydrogens (tertiary/aromatic N) is 3. The summed E-state index contributed by atoms with van der Waals surface area (Å²) in [6, 6.07) is 15.0. The molecule has 0 N–H and O–H groups in total. The van der Waals surface area contributed by atoms with Crippen molar-refractivity contribution in [2.45, 2.75) is 19.9 Å². The highest BCUT2D eigenvalue weighted by Gasteiger charge is 2.33. The Kier molecular flexibility index (Phi) is 7.01. The first-order valence-electron chi connectivity index (χ1n) is 11.9. The number of benzene rings is 2. The van der Waals surface area contributed by atoms with Crippen LogP contribution in [-0.4, -0.2) is 28.5 Å². The summed E-state index contributed by atoms with van der Waals surface area (Å²) < 4.78 is 17.7. The molecule has 0 fully saturated rings. The number of carbonyl (C=O) groups is 2. The maximum Gasteiger partial charge on any atom is 0.338 e. The number of carbonyl (C=O) groups excluding carboxylic acids is 2. The Balaban J connectivity index is 1.60. The molecule has 0 radical (unpaired) electrons. The molecule has 2 aromatic carbocycles. The molecule has 1 unspecified atom stereocenters. The van der Waals surface area contributed by atoms with Crippen molar-refractivity contribution in [1.82, 2.24) is 4.57 Å². The van der Waals surface area contributed by atoms with Gasteiger partial charge in [0.15, 0.2) is 4.80 Å². The summed E-state index contributed by atoms with van der Waals surface area (Å²) in [4.78, 5) is 53.4. The van der Waals surface area contributed by atoms with Gasteiger partial charge < -0.3 is 13.9 Å². The van der Waals surface area contributed by atoms with Crippen LogP contribution in [0.2, 0.25) is 0 Å². The third-order valence-corrected chi connectivity index (χ3v) is 7.11. The molecule has 11 nitrogen and oxygen atoms in total. The molecule has 1 atom stereocenters. The van der Waals surface area contributed by atoms with Crippen molar-refractivity contribution in [1.29, 1.82) is 0 Å². The molecular formula is C28H21N3O8S. The van der Waals surface area contributed by atoms with Crippen LogP contribution in [0.5, 0.6) is 5.75 Å². The molecule has 0 saturated carbocycles. The predicted molar refractivity (Wildman–Crippen MR) is 144 cm³/mol. The SMILES string of the molecule is COC(=O)C1=C(C)N=c2s/c(=C/c3ccc(-c4cccc([N+](=O)[O-])c4)o3)c(=O)n2C1c1ccc(OC(C)=O)cc1. The molecule has 4 aromatic rings. The molecule has 3 heterocycles. The van der Waals surface area contributed by atoms with Gasteiger partial charge in [0.25, 0.3) is 11.2 Å². The van der Waals surface area contributed by atoms with Crippen molar-refractivity contribution < 1.29 is 28.4 Å². The van der Waals surface area contributed by atoms with Crippen molar-refractivity contribution in [3.05, 3.63) is 113 Å². The lowest BCUT2D eigenvalue weighted by molar-refractivity contribution is -0.384. The van der Waals surface area contributed by atoms with Gasteiger partial charge in [-0.1, -0.05) is 35.6 Å². The van der Waals surface area contributed by atoms with Crippen LogP contribution >= 0.6 is 11.3 Å². The first kappa shape index (κ1) is 26.5. The van der Waals surface area contributed by atoms with Gasteiger partial charge in [-0.25, -0.2) is 9.79 Å². The number of rotatable bonds is 6. The molecule has 0 amide bonds. The van der Waals surface area contributed by atoms with E-state index in [9.17, 15) is 24.5 Å². The van der Waals surface area contributed by atoms with Crippen LogP contribution < -0.4 is 19.6 Å². The quantitative estimate of drug-likeness (QED) is 0.151. The Morgan fingerprint density at radius 3 is 2.58 bits per heavy atom. The highest BCUT2D eigenvalue weighted by Crippen LogP contribution is 2.32. The topological polar surface area (TPSA) is 143 Å². The minimum absolute atomic E-state index is 0.0681. The lowest BCUT2D eigenvalue weighted by atomic mass is 9.96. The van der Waals surface area contributed by atoms with E-state index in [0.717, 1.165) is 11.3 Å². The largest absolute Gasteiger partial charge is 0.466 e. The van der Waals surface area contributed by atoms with Crippen molar-refractivity contribution in [2.75, 3.05) is 7.11 Å². The van der Waals surface area contributed by atoms with Crippen LogP contribution in [0.4, 0.5) is 5.69 Å². The summed E-state index contributed by atoms with van der Waals surface area (Å²) in [7, 11) is 1.25. The molecule has 0 bridgehead atoms. The van der Waals surface area contributed by atoms with Crippen LogP contribution in [-0.2, 0) is 14.3 Å². The van der Waals surface area contributed by atoms with Gasteiger partial charge in [0.05, 0.1) is 33.9 Å². The maximum atomic E-state index is 13.7. The van der Waals surface area contributed by atoms with Crippen LogP contribution in [0.25, 0.3) is 17.4 Å². The molecule has 2 aromatic heterocycles. The Morgan fingerprint density at radius 1 is 1.15 bits per heavy atom. The lowest BCUT2D eigenvalue weighted by Gasteiger charge is -2.24. The standard InChI is InChI=1S/C28H21N3O8S/c1-15-24(27(34)37-3)25(17-7-9-20(10-8-17)38-16(2)32)30-26(33)23(40-28(30)29-15)14-21-11-12-22(39-21)18-5-4-6-19(13-18)31(35)36/h4-14,25H,1-3H3/b23-14+. The molecule has 12 heteroatoms. The van der Waals surface area contributed by atoms with Gasteiger partial charge in [-0.2, -0.15) is 0 Å². The van der Waals surface area contributed by atoms with Crippen LogP contribution in [0, 0.1) is 10.1 Å². The van der Waals surface area contributed by atoms with Crippen LogP contribution in [0.3, 0.4) is 0 Å². The second-order valence-electron chi connectivity index (χ2n) is 8.75. The maximum absolute atomic E-state index is 13.7. The molecule has 0 saturated heterocycles. The van der Waals surface area contributed by atoms with Crippen molar-refractivity contribution in [3.8, 4) is 17.1 Å². The van der Waals surface area contributed by atoms with Gasteiger partial charge >= 0.3 is 11.9 Å². The van der Waals surface area contributed by atoms with Gasteiger partial charge in [0.2, 0.25) is 0 Å². The van der Waals surface area contributed by atoms with Crippen LogP contribution in [0.1, 0.15) is 31.2 Å². The van der Waals surface area contributed by atoms with E-state index in [0.29, 0.717) is 43.4 Å². The monoisotopic (exact) mass is 559 g/mol. The second-order valence-corrected chi connectivity index (χ2v) is 9.75. The van der Waals surface area contributed by atoms with E-state index in [-0.39, 0.29) is 11.3 Å². The molecule has 0 spiro atoms. The summed E-state index contributed by atoms with van der Waals surface area (Å²) in [5, 5.41) is 11.1. The number of hydrogen-bond donors (Lipinski definition) is 0. The Hall–Kier alpha value is -5.10. The highest BCUT2D eigenvalue weighted by molar-refractivity contribution is 7.07. The van der Waals surface area contributed by atoms with Gasteiger partial charge in [-0.15, -0.1) is 0 Å². The zero-order valence-electron chi connectivity index (χ0n) is 21.4. The number of fused-ring (bicyclic) bond motifs is 1. The fraction of sp³-hybridized carbons (Fsp3) is 0.143. The normalized spacial score (nSPS) is 14.9. The molecule has 202 valence electrons. The Morgan fingerprint density at radius 2 is 1.90 bits per heavy atom. The summed E-state index contributed by atoms with van der Waals surface area (Å²) in [5.74, 6) is -0.0212. The van der Waals surface area contributed by atoms with Gasteiger partial charge in [0, 0.05) is 30.7 Å². The van der Waals surface area contributed by atoms with Crippen molar-refractivity contribution in [2.24, 2.45) is 4.99 Å². The van der Waals surface area contributed by atoms with Crippen molar-refractivity contribution in [3.63, 3.8) is 0 Å². The summed E-state index contributed by atoms with van der Waals surface area (Å²) >= 11 is 1.13. The molecule has 0 aliphatic carbocycles. The summed E-state index contributed by atoms with van der Waals surface area (Å²) in [5.41, 5.74) is 1.24.